The van der Waals surface area contributed by atoms with Crippen LogP contribution in [0.2, 0.25) is 0 Å². The second kappa shape index (κ2) is 4.09. The van der Waals surface area contributed by atoms with Crippen molar-refractivity contribution in [2.45, 2.75) is 13.5 Å². The highest BCUT2D eigenvalue weighted by Crippen LogP contribution is 2.20. The first-order valence-corrected chi connectivity index (χ1v) is 3.79. The molecule has 0 saturated heterocycles. The minimum atomic E-state index is 0.335. The number of rotatable bonds is 3. The van der Waals surface area contributed by atoms with Gasteiger partial charge in [-0.15, -0.1) is 0 Å². The van der Waals surface area contributed by atoms with Crippen LogP contribution in [0.5, 0.6) is 5.75 Å². The van der Waals surface area contributed by atoms with Crippen molar-refractivity contribution in [3.8, 4) is 5.75 Å². The van der Waals surface area contributed by atoms with Crippen molar-refractivity contribution in [2.75, 3.05) is 7.11 Å². The van der Waals surface area contributed by atoms with Gasteiger partial charge in [0.2, 0.25) is 0 Å². The molecule has 0 aromatic heterocycles. The summed E-state index contributed by atoms with van der Waals surface area (Å²) in [4.78, 5) is 4.68. The molecule has 0 heterocycles. The summed E-state index contributed by atoms with van der Waals surface area (Å²) in [5.41, 5.74) is 4.40. The molecule has 12 heavy (non-hydrogen) atoms. The average molecular weight is 167 g/mol. The topological polar surface area (TPSA) is 41.5 Å². The zero-order chi connectivity index (χ0) is 8.97. The molecule has 1 aromatic carbocycles. The average Bonchev–Trinajstić information content (AvgIpc) is 2.08. The number of aromatic hydroxyl groups is 1. The van der Waals surface area contributed by atoms with E-state index in [2.05, 4.69) is 10.3 Å². The van der Waals surface area contributed by atoms with Crippen molar-refractivity contribution in [3.63, 3.8) is 0 Å². The molecule has 0 aliphatic rings. The van der Waals surface area contributed by atoms with Crippen LogP contribution in [0.25, 0.3) is 0 Å². The van der Waals surface area contributed by atoms with Gasteiger partial charge in [-0.05, 0) is 12.5 Å². The summed E-state index contributed by atoms with van der Waals surface area (Å²) in [7, 11) is 1.55. The van der Waals surface area contributed by atoms with Crippen LogP contribution in [0.15, 0.2) is 18.2 Å². The fraction of sp³-hybridized carbons (Fsp3) is 0.333. The van der Waals surface area contributed by atoms with Gasteiger partial charge >= 0.3 is 0 Å². The number of hydrogen-bond donors (Lipinski definition) is 2. The predicted octanol–water partition coefficient (Wildman–Crippen LogP) is 1.35. The molecule has 0 saturated carbocycles. The van der Waals surface area contributed by atoms with Crippen LogP contribution >= 0.6 is 0 Å². The molecule has 0 radical (unpaired) electrons. The van der Waals surface area contributed by atoms with E-state index in [0.717, 1.165) is 11.1 Å². The van der Waals surface area contributed by atoms with E-state index in [4.69, 9.17) is 0 Å². The molecule has 0 spiro atoms. The van der Waals surface area contributed by atoms with E-state index in [9.17, 15) is 5.11 Å². The first kappa shape index (κ1) is 9.03. The van der Waals surface area contributed by atoms with E-state index in [0.29, 0.717) is 12.3 Å². The fourth-order valence-corrected chi connectivity index (χ4v) is 1.01. The largest absolute Gasteiger partial charge is 0.507 e. The molecule has 3 heteroatoms. The lowest BCUT2D eigenvalue weighted by atomic mass is 10.1. The van der Waals surface area contributed by atoms with Gasteiger partial charge in [-0.3, -0.25) is 0 Å². The van der Waals surface area contributed by atoms with Crippen molar-refractivity contribution in [3.05, 3.63) is 29.3 Å². The van der Waals surface area contributed by atoms with Crippen LogP contribution in [0.4, 0.5) is 0 Å². The number of phenols is 1. The Bertz CT molecular complexity index is 261. The standard InChI is InChI=1S/C9H13NO2/c1-7-4-3-5-8(9(7)11)6-10-12-2/h3-5,10-11H,6H2,1-2H3. The maximum atomic E-state index is 9.53. The molecule has 0 aliphatic heterocycles. The first-order valence-electron chi connectivity index (χ1n) is 3.79. The Morgan fingerprint density at radius 3 is 2.92 bits per heavy atom. The highest BCUT2D eigenvalue weighted by atomic mass is 16.6. The van der Waals surface area contributed by atoms with Gasteiger partial charge in [-0.2, -0.15) is 5.48 Å². The summed E-state index contributed by atoms with van der Waals surface area (Å²) in [6, 6.07) is 5.63. The van der Waals surface area contributed by atoms with Gasteiger partial charge in [0.25, 0.3) is 0 Å². The number of hydrogen-bond acceptors (Lipinski definition) is 3. The molecule has 66 valence electrons. The van der Waals surface area contributed by atoms with E-state index in [1.54, 1.807) is 7.11 Å². The van der Waals surface area contributed by atoms with E-state index < -0.39 is 0 Å². The molecule has 0 fully saturated rings. The Morgan fingerprint density at radius 2 is 2.25 bits per heavy atom. The molecule has 3 nitrogen and oxygen atoms in total. The third-order valence-electron chi connectivity index (χ3n) is 1.73. The minimum Gasteiger partial charge on any atom is -0.507 e. The van der Waals surface area contributed by atoms with Crippen molar-refractivity contribution >= 4 is 0 Å². The van der Waals surface area contributed by atoms with Gasteiger partial charge in [0, 0.05) is 12.1 Å². The van der Waals surface area contributed by atoms with E-state index >= 15 is 0 Å². The van der Waals surface area contributed by atoms with Crippen LogP contribution in [0.1, 0.15) is 11.1 Å². The Balaban J connectivity index is 2.78. The summed E-state index contributed by atoms with van der Waals surface area (Å²) < 4.78 is 0. The van der Waals surface area contributed by atoms with Crippen molar-refractivity contribution in [2.24, 2.45) is 0 Å². The van der Waals surface area contributed by atoms with Crippen LogP contribution in [-0.2, 0) is 11.4 Å². The number of aryl methyl sites for hydroxylation is 1. The molecule has 0 atom stereocenters. The van der Waals surface area contributed by atoms with E-state index in [-0.39, 0.29) is 0 Å². The normalized spacial score (nSPS) is 10.2. The maximum absolute atomic E-state index is 9.53. The van der Waals surface area contributed by atoms with Gasteiger partial charge in [0.05, 0.1) is 7.11 Å². The SMILES string of the molecule is CONCc1cccc(C)c1O. The summed E-state index contributed by atoms with van der Waals surface area (Å²) in [5.74, 6) is 0.335. The van der Waals surface area contributed by atoms with Gasteiger partial charge in [0.15, 0.2) is 0 Å². The number of benzene rings is 1. The Hall–Kier alpha value is -1.06. The summed E-state index contributed by atoms with van der Waals surface area (Å²) >= 11 is 0. The molecule has 0 bridgehead atoms. The zero-order valence-corrected chi connectivity index (χ0v) is 7.29. The summed E-state index contributed by atoms with van der Waals surface area (Å²) in [6.45, 7) is 2.38. The Labute approximate surface area is 71.9 Å². The van der Waals surface area contributed by atoms with Gasteiger partial charge < -0.3 is 9.94 Å². The molecule has 0 aliphatic carbocycles. The first-order chi connectivity index (χ1) is 5.75. The number of hydroxylamine groups is 1. The van der Waals surface area contributed by atoms with Crippen molar-refractivity contribution < 1.29 is 9.94 Å². The smallest absolute Gasteiger partial charge is 0.123 e. The highest BCUT2D eigenvalue weighted by Gasteiger charge is 2.01. The van der Waals surface area contributed by atoms with Gasteiger partial charge in [-0.1, -0.05) is 18.2 Å². The molecule has 2 N–H and O–H groups in total. The van der Waals surface area contributed by atoms with Gasteiger partial charge in [0.1, 0.15) is 5.75 Å². The monoisotopic (exact) mass is 167 g/mol. The number of nitrogens with one attached hydrogen (secondary N) is 1. The highest BCUT2D eigenvalue weighted by molar-refractivity contribution is 5.39. The van der Waals surface area contributed by atoms with Crippen LogP contribution < -0.4 is 5.48 Å². The third-order valence-corrected chi connectivity index (χ3v) is 1.73. The van der Waals surface area contributed by atoms with Crippen molar-refractivity contribution in [1.29, 1.82) is 0 Å². The summed E-state index contributed by atoms with van der Waals surface area (Å²) in [6.07, 6.45) is 0. The second-order valence-corrected chi connectivity index (χ2v) is 2.61. The lowest BCUT2D eigenvalue weighted by Gasteiger charge is -2.06. The van der Waals surface area contributed by atoms with Crippen LogP contribution in [-0.4, -0.2) is 12.2 Å². The van der Waals surface area contributed by atoms with E-state index in [1.165, 1.54) is 0 Å². The zero-order valence-electron chi connectivity index (χ0n) is 7.29. The van der Waals surface area contributed by atoms with Crippen LogP contribution in [0, 0.1) is 6.92 Å². The lowest BCUT2D eigenvalue weighted by Crippen LogP contribution is -2.10. The lowest BCUT2D eigenvalue weighted by molar-refractivity contribution is 0.0861. The molecule has 0 unspecified atom stereocenters. The minimum absolute atomic E-state index is 0.335. The number of phenolic OH excluding ortho intramolecular Hbond substituents is 1. The van der Waals surface area contributed by atoms with Crippen LogP contribution in [0.3, 0.4) is 0 Å². The second-order valence-electron chi connectivity index (χ2n) is 2.61. The Morgan fingerprint density at radius 1 is 1.50 bits per heavy atom. The van der Waals surface area contributed by atoms with Gasteiger partial charge in [-0.25, -0.2) is 0 Å². The molecule has 1 aromatic rings. The van der Waals surface area contributed by atoms with Crippen molar-refractivity contribution in [1.82, 2.24) is 5.48 Å². The predicted molar refractivity (Wildman–Crippen MR) is 46.7 cm³/mol. The molecular weight excluding hydrogens is 154 g/mol. The molecule has 1 rings (SSSR count). The fourth-order valence-electron chi connectivity index (χ4n) is 1.01. The quantitative estimate of drug-likeness (QED) is 0.668. The number of para-hydroxylation sites is 1. The maximum Gasteiger partial charge on any atom is 0.123 e. The summed E-state index contributed by atoms with van der Waals surface area (Å²) in [5, 5.41) is 9.53. The molecule has 0 amide bonds. The van der Waals surface area contributed by atoms with E-state index in [1.807, 2.05) is 25.1 Å². The molecular formula is C9H13NO2. The third kappa shape index (κ3) is 1.96. The Kier molecular flexibility index (Phi) is 3.08.